The molecule has 1 amide bonds. The first-order valence-electron chi connectivity index (χ1n) is 6.63. The van der Waals surface area contributed by atoms with Crippen LogP contribution in [0.5, 0.6) is 0 Å². The lowest BCUT2D eigenvalue weighted by Gasteiger charge is -2.36. The Morgan fingerprint density at radius 3 is 2.63 bits per heavy atom. The first kappa shape index (κ1) is 16.2. The van der Waals surface area contributed by atoms with Crippen molar-refractivity contribution >= 4 is 15.7 Å². The van der Waals surface area contributed by atoms with Crippen molar-refractivity contribution in [1.82, 2.24) is 10.2 Å². The maximum Gasteiger partial charge on any atom is 0.234 e. The van der Waals surface area contributed by atoms with Crippen molar-refractivity contribution in [3.8, 4) is 0 Å². The number of nitrogens with one attached hydrogen (secondary N) is 1. The fourth-order valence-corrected chi connectivity index (χ4v) is 4.18. The number of nitrogens with zero attached hydrogens (tertiary/aromatic N) is 1. The average molecular weight is 288 g/mol. The van der Waals surface area contributed by atoms with E-state index in [0.717, 1.165) is 19.3 Å². The summed E-state index contributed by atoms with van der Waals surface area (Å²) in [5.74, 6) is -0.0970. The number of hydrogen-bond acceptors (Lipinski definition) is 4. The molecule has 2 atom stereocenters. The van der Waals surface area contributed by atoms with Crippen molar-refractivity contribution in [2.75, 3.05) is 26.4 Å². The summed E-state index contributed by atoms with van der Waals surface area (Å²) in [4.78, 5) is 13.5. The molecule has 0 aromatic heterocycles. The molecule has 1 aliphatic rings. The molecule has 0 spiro atoms. The monoisotopic (exact) mass is 288 g/mol. The molecule has 0 aromatic carbocycles. The van der Waals surface area contributed by atoms with E-state index >= 15 is 0 Å². The van der Waals surface area contributed by atoms with Gasteiger partial charge in [-0.2, -0.15) is 0 Å². The van der Waals surface area contributed by atoms with Crippen LogP contribution in [0.4, 0.5) is 0 Å². The van der Waals surface area contributed by atoms with Gasteiger partial charge in [0.15, 0.2) is 9.84 Å². The Hall–Kier alpha value is -0.880. The van der Waals surface area contributed by atoms with Crippen molar-refractivity contribution < 1.29 is 13.2 Å². The molecule has 1 N–H and O–H groups in total. The molecule has 19 heavy (non-hydrogen) atoms. The van der Waals surface area contributed by atoms with Crippen LogP contribution in [0.15, 0.2) is 12.7 Å². The van der Waals surface area contributed by atoms with E-state index in [0.29, 0.717) is 13.0 Å². The lowest BCUT2D eigenvalue weighted by molar-refractivity contribution is -0.122. The molecular weight excluding hydrogens is 264 g/mol. The van der Waals surface area contributed by atoms with Crippen molar-refractivity contribution in [1.29, 1.82) is 0 Å². The highest BCUT2D eigenvalue weighted by Crippen LogP contribution is 2.27. The fourth-order valence-electron chi connectivity index (χ4n) is 2.67. The van der Waals surface area contributed by atoms with Crippen LogP contribution in [-0.4, -0.2) is 56.9 Å². The second-order valence-electron chi connectivity index (χ2n) is 5.23. The number of carbonyl (C=O) groups excluding carboxylic acids is 1. The second-order valence-corrected chi connectivity index (χ2v) is 7.49. The number of likely N-dealkylation sites (N-methyl/N-ethyl adjacent to an activating group) is 1. The van der Waals surface area contributed by atoms with Crippen molar-refractivity contribution in [3.05, 3.63) is 12.7 Å². The van der Waals surface area contributed by atoms with Crippen LogP contribution >= 0.6 is 0 Å². The zero-order chi connectivity index (χ0) is 14.5. The molecule has 0 bridgehead atoms. The Morgan fingerprint density at radius 2 is 2.05 bits per heavy atom. The Balaban J connectivity index is 2.64. The van der Waals surface area contributed by atoms with Crippen LogP contribution < -0.4 is 5.32 Å². The minimum absolute atomic E-state index is 0.0572. The van der Waals surface area contributed by atoms with Gasteiger partial charge in [-0.25, -0.2) is 8.42 Å². The number of amides is 1. The van der Waals surface area contributed by atoms with Gasteiger partial charge < -0.3 is 5.32 Å². The molecule has 0 saturated heterocycles. The van der Waals surface area contributed by atoms with Gasteiger partial charge in [-0.05, 0) is 19.9 Å². The van der Waals surface area contributed by atoms with Crippen molar-refractivity contribution in [2.45, 2.75) is 37.0 Å². The van der Waals surface area contributed by atoms with E-state index in [1.165, 1.54) is 6.26 Å². The highest BCUT2D eigenvalue weighted by atomic mass is 32.2. The highest BCUT2D eigenvalue weighted by molar-refractivity contribution is 7.91. The Bertz CT molecular complexity index is 420. The van der Waals surface area contributed by atoms with Crippen molar-refractivity contribution in [3.63, 3.8) is 0 Å². The molecule has 0 radical (unpaired) electrons. The number of hydrogen-bond donors (Lipinski definition) is 1. The van der Waals surface area contributed by atoms with E-state index in [1.807, 2.05) is 11.9 Å². The first-order chi connectivity index (χ1) is 8.86. The largest absolute Gasteiger partial charge is 0.352 e. The molecule has 0 aromatic rings. The molecule has 6 heteroatoms. The maximum atomic E-state index is 11.8. The van der Waals surface area contributed by atoms with Gasteiger partial charge in [-0.1, -0.05) is 18.9 Å². The topological polar surface area (TPSA) is 66.5 Å². The smallest absolute Gasteiger partial charge is 0.234 e. The molecule has 5 nitrogen and oxygen atoms in total. The SMILES string of the molecule is C=CCNC(=O)CN(C)[C@@H]1CCCC[C@H]1S(C)(=O)=O. The minimum Gasteiger partial charge on any atom is -0.352 e. The summed E-state index contributed by atoms with van der Waals surface area (Å²) in [7, 11) is -1.24. The first-order valence-corrected chi connectivity index (χ1v) is 8.58. The van der Waals surface area contributed by atoms with Crippen LogP contribution in [0.2, 0.25) is 0 Å². The van der Waals surface area contributed by atoms with Crippen LogP contribution in [0.3, 0.4) is 0 Å². The quantitative estimate of drug-likeness (QED) is 0.726. The van der Waals surface area contributed by atoms with Crippen LogP contribution in [-0.2, 0) is 14.6 Å². The summed E-state index contributed by atoms with van der Waals surface area (Å²) in [6.45, 7) is 4.20. The van der Waals surface area contributed by atoms with Crippen molar-refractivity contribution in [2.24, 2.45) is 0 Å². The van der Waals surface area contributed by atoms with Gasteiger partial charge in [-0.15, -0.1) is 6.58 Å². The molecular formula is C13H24N2O3S. The summed E-state index contributed by atoms with van der Waals surface area (Å²) >= 11 is 0. The Morgan fingerprint density at radius 1 is 1.42 bits per heavy atom. The zero-order valence-electron chi connectivity index (χ0n) is 11.8. The highest BCUT2D eigenvalue weighted by Gasteiger charge is 2.35. The predicted octanol–water partition coefficient (Wildman–Crippen LogP) is 0.576. The summed E-state index contributed by atoms with van der Waals surface area (Å²) in [6.07, 6.45) is 6.42. The van der Waals surface area contributed by atoms with Gasteiger partial charge in [0, 0.05) is 18.8 Å². The lowest BCUT2D eigenvalue weighted by atomic mass is 9.94. The maximum absolute atomic E-state index is 11.8. The summed E-state index contributed by atoms with van der Waals surface area (Å²) < 4.78 is 23.6. The van der Waals surface area contributed by atoms with Crippen LogP contribution in [0.1, 0.15) is 25.7 Å². The predicted molar refractivity (Wildman–Crippen MR) is 76.7 cm³/mol. The van der Waals surface area contributed by atoms with Gasteiger partial charge in [0.05, 0.1) is 11.8 Å². The lowest BCUT2D eigenvalue weighted by Crippen LogP contribution is -2.49. The van der Waals surface area contributed by atoms with E-state index in [-0.39, 0.29) is 23.7 Å². The third-order valence-corrected chi connectivity index (χ3v) is 5.27. The molecule has 1 saturated carbocycles. The molecule has 1 rings (SSSR count). The molecule has 1 aliphatic carbocycles. The normalized spacial score (nSPS) is 24.2. The van der Waals surface area contributed by atoms with Gasteiger partial charge in [0.2, 0.25) is 5.91 Å². The fraction of sp³-hybridized carbons (Fsp3) is 0.769. The van der Waals surface area contributed by atoms with Gasteiger partial charge in [0.1, 0.15) is 0 Å². The average Bonchev–Trinajstić information content (AvgIpc) is 2.35. The van der Waals surface area contributed by atoms with Gasteiger partial charge in [0.25, 0.3) is 0 Å². The zero-order valence-corrected chi connectivity index (χ0v) is 12.6. The summed E-state index contributed by atoms with van der Waals surface area (Å²) in [5.41, 5.74) is 0. The Labute approximate surface area is 116 Å². The van der Waals surface area contributed by atoms with E-state index in [9.17, 15) is 13.2 Å². The van der Waals surface area contributed by atoms with Crippen LogP contribution in [0, 0.1) is 0 Å². The van der Waals surface area contributed by atoms with Gasteiger partial charge in [-0.3, -0.25) is 9.69 Å². The molecule has 1 fully saturated rings. The molecule has 0 aliphatic heterocycles. The standard InChI is InChI=1S/C13H24N2O3S/c1-4-9-14-13(16)10-15(2)11-7-5-6-8-12(11)19(3,17)18/h4,11-12H,1,5-10H2,2-3H3,(H,14,16)/t11-,12-/m1/s1. The third-order valence-electron chi connectivity index (χ3n) is 3.62. The van der Waals surface area contributed by atoms with E-state index in [4.69, 9.17) is 0 Å². The number of carbonyl (C=O) groups is 1. The molecule has 0 unspecified atom stereocenters. The Kier molecular flexibility index (Phi) is 6.00. The van der Waals surface area contributed by atoms with Crippen LogP contribution in [0.25, 0.3) is 0 Å². The van der Waals surface area contributed by atoms with E-state index in [2.05, 4.69) is 11.9 Å². The second kappa shape index (κ2) is 7.05. The van der Waals surface area contributed by atoms with E-state index < -0.39 is 9.84 Å². The third kappa shape index (κ3) is 4.95. The molecule has 110 valence electrons. The summed E-state index contributed by atoms with van der Waals surface area (Å²) in [6, 6.07) is -0.0572. The molecule has 0 heterocycles. The van der Waals surface area contributed by atoms with Gasteiger partial charge >= 0.3 is 0 Å². The summed E-state index contributed by atoms with van der Waals surface area (Å²) in [5, 5.41) is 2.36. The number of rotatable bonds is 6. The van der Waals surface area contributed by atoms with E-state index in [1.54, 1.807) is 6.08 Å². The number of sulfone groups is 1. The minimum atomic E-state index is -3.06.